The molecule has 2 rings (SSSR count). The molecule has 1 aromatic carbocycles. The van der Waals surface area contributed by atoms with Gasteiger partial charge in [-0.2, -0.15) is 0 Å². The SMILES string of the molecule is Cc1ccc(S(=O)(=O)N[C@H]2CCNC2)cc1C(N)=O. The zero-order valence-electron chi connectivity index (χ0n) is 10.6. The van der Waals surface area contributed by atoms with E-state index < -0.39 is 15.9 Å². The molecule has 0 radical (unpaired) electrons. The van der Waals surface area contributed by atoms with Crippen LogP contribution < -0.4 is 15.8 Å². The molecule has 0 aromatic heterocycles. The van der Waals surface area contributed by atoms with Gasteiger partial charge in [0.2, 0.25) is 15.9 Å². The molecule has 4 N–H and O–H groups in total. The van der Waals surface area contributed by atoms with E-state index in [-0.39, 0.29) is 16.5 Å². The Bertz CT molecular complexity index is 592. The average molecular weight is 283 g/mol. The minimum absolute atomic E-state index is 0.0683. The summed E-state index contributed by atoms with van der Waals surface area (Å²) in [6.07, 6.45) is 0.758. The molecule has 7 heteroatoms. The van der Waals surface area contributed by atoms with E-state index in [4.69, 9.17) is 5.73 Å². The van der Waals surface area contributed by atoms with E-state index in [0.717, 1.165) is 13.0 Å². The molecule has 1 aliphatic heterocycles. The molecule has 6 nitrogen and oxygen atoms in total. The zero-order chi connectivity index (χ0) is 14.0. The van der Waals surface area contributed by atoms with Crippen LogP contribution in [0.3, 0.4) is 0 Å². The van der Waals surface area contributed by atoms with Gasteiger partial charge in [0.1, 0.15) is 0 Å². The molecule has 0 unspecified atom stereocenters. The predicted octanol–water partition coefficient (Wildman–Crippen LogP) is -0.266. The summed E-state index contributed by atoms with van der Waals surface area (Å²) in [4.78, 5) is 11.3. The van der Waals surface area contributed by atoms with Gasteiger partial charge in [-0.05, 0) is 37.6 Å². The highest BCUT2D eigenvalue weighted by Gasteiger charge is 2.23. The highest BCUT2D eigenvalue weighted by Crippen LogP contribution is 2.16. The van der Waals surface area contributed by atoms with Crippen molar-refractivity contribution in [1.82, 2.24) is 10.0 Å². The second-order valence-corrected chi connectivity index (χ2v) is 6.37. The first-order valence-electron chi connectivity index (χ1n) is 6.03. The number of carbonyl (C=O) groups is 1. The van der Waals surface area contributed by atoms with Crippen molar-refractivity contribution in [1.29, 1.82) is 0 Å². The highest BCUT2D eigenvalue weighted by atomic mass is 32.2. The smallest absolute Gasteiger partial charge is 0.249 e. The van der Waals surface area contributed by atoms with Gasteiger partial charge in [-0.25, -0.2) is 13.1 Å². The zero-order valence-corrected chi connectivity index (χ0v) is 11.5. The molecular weight excluding hydrogens is 266 g/mol. The standard InChI is InChI=1S/C12H17N3O3S/c1-8-2-3-10(6-11(8)12(13)16)19(17,18)15-9-4-5-14-7-9/h2-3,6,9,14-15H,4-5,7H2,1H3,(H2,13,16)/t9-/m0/s1. The number of carbonyl (C=O) groups excluding carboxylic acids is 1. The quantitative estimate of drug-likeness (QED) is 0.708. The number of rotatable bonds is 4. The number of nitrogens with two attached hydrogens (primary N) is 1. The normalized spacial score (nSPS) is 19.5. The van der Waals surface area contributed by atoms with E-state index in [2.05, 4.69) is 10.0 Å². The van der Waals surface area contributed by atoms with Gasteiger partial charge >= 0.3 is 0 Å². The third-order valence-corrected chi connectivity index (χ3v) is 4.69. The van der Waals surface area contributed by atoms with Gasteiger partial charge < -0.3 is 11.1 Å². The number of sulfonamides is 1. The van der Waals surface area contributed by atoms with Gasteiger partial charge in [0.05, 0.1) is 4.90 Å². The van der Waals surface area contributed by atoms with Crippen molar-refractivity contribution >= 4 is 15.9 Å². The molecule has 1 atom stereocenters. The second-order valence-electron chi connectivity index (χ2n) is 4.65. The van der Waals surface area contributed by atoms with Gasteiger partial charge in [-0.15, -0.1) is 0 Å². The number of aryl methyl sites for hydroxylation is 1. The molecule has 1 fully saturated rings. The average Bonchev–Trinajstić information content (AvgIpc) is 2.80. The summed E-state index contributed by atoms with van der Waals surface area (Å²) < 4.78 is 27.0. The van der Waals surface area contributed by atoms with Crippen LogP contribution in [0.2, 0.25) is 0 Å². The topological polar surface area (TPSA) is 101 Å². The third-order valence-electron chi connectivity index (χ3n) is 3.17. The van der Waals surface area contributed by atoms with Crippen molar-refractivity contribution in [2.75, 3.05) is 13.1 Å². The molecule has 0 bridgehead atoms. The number of hydrogen-bond acceptors (Lipinski definition) is 4. The van der Waals surface area contributed by atoms with Crippen LogP contribution in [-0.2, 0) is 10.0 Å². The van der Waals surface area contributed by atoms with E-state index in [1.807, 2.05) is 0 Å². The van der Waals surface area contributed by atoms with Crippen molar-refractivity contribution in [3.05, 3.63) is 29.3 Å². The Labute approximate surface area is 112 Å². The first-order valence-corrected chi connectivity index (χ1v) is 7.52. The maximum Gasteiger partial charge on any atom is 0.249 e. The molecule has 1 aliphatic rings. The summed E-state index contributed by atoms with van der Waals surface area (Å²) in [5.74, 6) is -0.628. The van der Waals surface area contributed by atoms with Crippen molar-refractivity contribution < 1.29 is 13.2 Å². The lowest BCUT2D eigenvalue weighted by molar-refractivity contribution is 0.0999. The monoisotopic (exact) mass is 283 g/mol. The van der Waals surface area contributed by atoms with Crippen molar-refractivity contribution in [2.24, 2.45) is 5.73 Å². The molecule has 104 valence electrons. The summed E-state index contributed by atoms with van der Waals surface area (Å²) in [5.41, 5.74) is 6.12. The van der Waals surface area contributed by atoms with Crippen LogP contribution in [0.1, 0.15) is 22.3 Å². The van der Waals surface area contributed by atoms with Crippen molar-refractivity contribution in [3.8, 4) is 0 Å². The molecule has 1 saturated heterocycles. The van der Waals surface area contributed by atoms with Gasteiger partial charge in [0.15, 0.2) is 0 Å². The molecule has 1 aromatic rings. The molecule has 1 heterocycles. The Kier molecular flexibility index (Phi) is 3.88. The van der Waals surface area contributed by atoms with Crippen LogP contribution in [0.15, 0.2) is 23.1 Å². The van der Waals surface area contributed by atoms with Gasteiger partial charge in [0.25, 0.3) is 0 Å². The summed E-state index contributed by atoms with van der Waals surface area (Å²) in [6.45, 7) is 3.13. The Hall–Kier alpha value is -1.44. The van der Waals surface area contributed by atoms with Crippen molar-refractivity contribution in [2.45, 2.75) is 24.3 Å². The predicted molar refractivity (Wildman–Crippen MR) is 71.3 cm³/mol. The fraction of sp³-hybridized carbons (Fsp3) is 0.417. The van der Waals surface area contributed by atoms with Crippen LogP contribution in [0.25, 0.3) is 0 Å². The maximum absolute atomic E-state index is 12.2. The third kappa shape index (κ3) is 3.12. The Morgan fingerprint density at radius 1 is 1.47 bits per heavy atom. The summed E-state index contributed by atoms with van der Waals surface area (Å²) in [7, 11) is -3.61. The number of hydrogen-bond donors (Lipinski definition) is 3. The van der Waals surface area contributed by atoms with Crippen LogP contribution in [0.4, 0.5) is 0 Å². The molecule has 0 saturated carbocycles. The number of amides is 1. The van der Waals surface area contributed by atoms with E-state index >= 15 is 0 Å². The lowest BCUT2D eigenvalue weighted by Gasteiger charge is -2.13. The number of primary amides is 1. The second kappa shape index (κ2) is 5.28. The highest BCUT2D eigenvalue weighted by molar-refractivity contribution is 7.89. The Morgan fingerprint density at radius 3 is 2.79 bits per heavy atom. The molecule has 0 spiro atoms. The van der Waals surface area contributed by atoms with E-state index in [0.29, 0.717) is 12.1 Å². The van der Waals surface area contributed by atoms with Gasteiger partial charge in [-0.1, -0.05) is 6.07 Å². The molecule has 0 aliphatic carbocycles. The van der Waals surface area contributed by atoms with E-state index in [9.17, 15) is 13.2 Å². The summed E-state index contributed by atoms with van der Waals surface area (Å²) in [6, 6.07) is 4.28. The van der Waals surface area contributed by atoms with Crippen molar-refractivity contribution in [3.63, 3.8) is 0 Å². The Morgan fingerprint density at radius 2 is 2.21 bits per heavy atom. The van der Waals surface area contributed by atoms with Crippen LogP contribution in [-0.4, -0.2) is 33.5 Å². The maximum atomic E-state index is 12.2. The first kappa shape index (κ1) is 14.0. The minimum Gasteiger partial charge on any atom is -0.366 e. The van der Waals surface area contributed by atoms with E-state index in [1.165, 1.54) is 12.1 Å². The minimum atomic E-state index is -3.61. The van der Waals surface area contributed by atoms with Gasteiger partial charge in [0, 0.05) is 18.2 Å². The fourth-order valence-corrected chi connectivity index (χ4v) is 3.37. The Balaban J connectivity index is 2.29. The van der Waals surface area contributed by atoms with Crippen LogP contribution in [0.5, 0.6) is 0 Å². The summed E-state index contributed by atoms with van der Waals surface area (Å²) in [5, 5.41) is 3.08. The van der Waals surface area contributed by atoms with E-state index in [1.54, 1.807) is 13.0 Å². The fourth-order valence-electron chi connectivity index (χ4n) is 2.08. The number of benzene rings is 1. The van der Waals surface area contributed by atoms with Crippen LogP contribution in [0, 0.1) is 6.92 Å². The van der Waals surface area contributed by atoms with Gasteiger partial charge in [-0.3, -0.25) is 4.79 Å². The molecule has 1 amide bonds. The first-order chi connectivity index (χ1) is 8.90. The van der Waals surface area contributed by atoms with Crippen LogP contribution >= 0.6 is 0 Å². The lowest BCUT2D eigenvalue weighted by atomic mass is 10.1. The molecule has 19 heavy (non-hydrogen) atoms. The number of nitrogens with one attached hydrogen (secondary N) is 2. The molecular formula is C12H17N3O3S. The largest absolute Gasteiger partial charge is 0.366 e. The summed E-state index contributed by atoms with van der Waals surface area (Å²) >= 11 is 0. The lowest BCUT2D eigenvalue weighted by Crippen LogP contribution is -2.36.